The third kappa shape index (κ3) is 4.81. The first kappa shape index (κ1) is 24.1. The molecule has 1 atom stereocenters. The number of hydrogen-bond acceptors (Lipinski definition) is 4. The second-order valence-corrected chi connectivity index (χ2v) is 13.9. The Morgan fingerprint density at radius 1 is 0.839 bits per heavy atom. The lowest BCUT2D eigenvalue weighted by Crippen LogP contribution is -2.32. The Morgan fingerprint density at radius 2 is 1.29 bits per heavy atom. The Bertz CT molecular complexity index is 881. The smallest absolute Gasteiger partial charge is 0.149 e. The summed E-state index contributed by atoms with van der Waals surface area (Å²) in [5, 5.41) is -0.0199. The summed E-state index contributed by atoms with van der Waals surface area (Å²) < 4.78 is 0. The predicted octanol–water partition coefficient (Wildman–Crippen LogP) is 6.50. The highest BCUT2D eigenvalue weighted by Gasteiger charge is 2.43. The monoisotopic (exact) mass is 454 g/mol. The van der Waals surface area contributed by atoms with Gasteiger partial charge in [-0.25, -0.2) is 19.9 Å². The van der Waals surface area contributed by atoms with Crippen LogP contribution in [-0.2, 0) is 5.16 Å². The van der Waals surface area contributed by atoms with E-state index in [4.69, 9.17) is 0 Å². The van der Waals surface area contributed by atoms with Gasteiger partial charge in [0, 0.05) is 24.8 Å². The van der Waals surface area contributed by atoms with Crippen LogP contribution < -0.4 is 0 Å². The summed E-state index contributed by atoms with van der Waals surface area (Å²) in [5.74, 6) is 1.47. The predicted molar refractivity (Wildman–Crippen MR) is 136 cm³/mol. The molecule has 2 aromatic rings. The van der Waals surface area contributed by atoms with Crippen molar-refractivity contribution in [2.45, 2.75) is 76.3 Å². The number of nitrogens with zero attached hydrogens (tertiary/aromatic N) is 4. The van der Waals surface area contributed by atoms with Crippen molar-refractivity contribution in [2.24, 2.45) is 0 Å². The minimum atomic E-state index is -0.630. The molecule has 0 N–H and O–H groups in total. The standard InChI is InChI=1S/C25H36N4P2/c1-7-23(3,4)31(24(5,6)8-2)18-19-12-9-13-20(19)25(30,21-26-14-10-15-27-21)22-28-16-11-17-29-22/h9-12,14-17H,7-8,13,18,30H2,1-6H3. The van der Waals surface area contributed by atoms with Crippen molar-refractivity contribution in [1.29, 1.82) is 0 Å². The summed E-state index contributed by atoms with van der Waals surface area (Å²) >= 11 is 0. The number of allylic oxidation sites excluding steroid dienone is 4. The van der Waals surface area contributed by atoms with Crippen LogP contribution in [0.1, 0.15) is 72.5 Å². The molecule has 1 unspecified atom stereocenters. The molecule has 0 aromatic carbocycles. The highest BCUT2D eigenvalue weighted by atomic mass is 31.1. The van der Waals surface area contributed by atoms with E-state index in [0.29, 0.717) is 10.3 Å². The molecule has 2 heterocycles. The first-order valence-corrected chi connectivity index (χ1v) is 13.3. The van der Waals surface area contributed by atoms with Crippen LogP contribution in [0.3, 0.4) is 0 Å². The van der Waals surface area contributed by atoms with Gasteiger partial charge >= 0.3 is 0 Å². The summed E-state index contributed by atoms with van der Waals surface area (Å²) in [7, 11) is 2.75. The first-order valence-electron chi connectivity index (χ1n) is 11.2. The fourth-order valence-electron chi connectivity index (χ4n) is 4.29. The molecular formula is C25H36N4P2. The lowest BCUT2D eigenvalue weighted by Gasteiger charge is -2.45. The summed E-state index contributed by atoms with van der Waals surface area (Å²) in [6, 6.07) is 3.71. The zero-order chi connectivity index (χ0) is 22.7. The largest absolute Gasteiger partial charge is 0.240 e. The zero-order valence-electron chi connectivity index (χ0n) is 19.8. The lowest BCUT2D eigenvalue weighted by molar-refractivity contribution is 0.603. The maximum absolute atomic E-state index is 4.65. The highest BCUT2D eigenvalue weighted by molar-refractivity contribution is 7.61. The van der Waals surface area contributed by atoms with Gasteiger partial charge in [-0.15, -0.1) is 9.24 Å². The van der Waals surface area contributed by atoms with Gasteiger partial charge in [-0.2, -0.15) is 0 Å². The molecule has 0 saturated carbocycles. The molecule has 1 aliphatic rings. The van der Waals surface area contributed by atoms with E-state index in [2.05, 4.69) is 82.9 Å². The van der Waals surface area contributed by atoms with Crippen molar-refractivity contribution < 1.29 is 0 Å². The molecule has 0 fully saturated rings. The van der Waals surface area contributed by atoms with Gasteiger partial charge in [-0.3, -0.25) is 0 Å². The van der Waals surface area contributed by atoms with Gasteiger partial charge in [-0.1, -0.05) is 61.6 Å². The van der Waals surface area contributed by atoms with Crippen molar-refractivity contribution in [3.63, 3.8) is 0 Å². The summed E-state index contributed by atoms with van der Waals surface area (Å²) in [4.78, 5) is 18.6. The Hall–Kier alpha value is -1.50. The maximum atomic E-state index is 4.65. The molecule has 2 aromatic heterocycles. The average molecular weight is 455 g/mol. The van der Waals surface area contributed by atoms with Gasteiger partial charge < -0.3 is 0 Å². The molecule has 31 heavy (non-hydrogen) atoms. The van der Waals surface area contributed by atoms with Crippen LogP contribution in [0.4, 0.5) is 0 Å². The molecule has 1 aliphatic carbocycles. The fraction of sp³-hybridized carbons (Fsp3) is 0.520. The number of rotatable bonds is 9. The van der Waals surface area contributed by atoms with Crippen LogP contribution in [0.5, 0.6) is 0 Å². The van der Waals surface area contributed by atoms with Gasteiger partial charge in [0.15, 0.2) is 0 Å². The Morgan fingerprint density at radius 3 is 1.71 bits per heavy atom. The van der Waals surface area contributed by atoms with Crippen molar-refractivity contribution in [2.75, 3.05) is 6.16 Å². The van der Waals surface area contributed by atoms with Gasteiger partial charge in [-0.05, 0) is 59.0 Å². The molecule has 166 valence electrons. The van der Waals surface area contributed by atoms with E-state index in [1.165, 1.54) is 24.0 Å². The van der Waals surface area contributed by atoms with Crippen molar-refractivity contribution in [3.05, 3.63) is 71.9 Å². The second kappa shape index (κ2) is 9.55. The first-order chi connectivity index (χ1) is 14.7. The Kier molecular flexibility index (Phi) is 7.44. The van der Waals surface area contributed by atoms with Crippen LogP contribution in [0.2, 0.25) is 0 Å². The van der Waals surface area contributed by atoms with E-state index >= 15 is 0 Å². The van der Waals surface area contributed by atoms with Crippen molar-refractivity contribution in [3.8, 4) is 0 Å². The molecule has 3 rings (SSSR count). The van der Waals surface area contributed by atoms with Crippen LogP contribution in [-0.4, -0.2) is 36.4 Å². The van der Waals surface area contributed by atoms with Crippen LogP contribution >= 0.6 is 17.2 Å². The van der Waals surface area contributed by atoms with E-state index < -0.39 is 5.16 Å². The van der Waals surface area contributed by atoms with E-state index in [9.17, 15) is 0 Å². The third-order valence-corrected chi connectivity index (χ3v) is 11.9. The molecule has 0 spiro atoms. The average Bonchev–Trinajstić information content (AvgIpc) is 3.27. The van der Waals surface area contributed by atoms with Crippen LogP contribution in [0, 0.1) is 0 Å². The van der Waals surface area contributed by atoms with E-state index in [0.717, 1.165) is 24.2 Å². The Balaban J connectivity index is 2.15. The minimum absolute atomic E-state index is 0.270. The van der Waals surface area contributed by atoms with E-state index in [1.54, 1.807) is 24.8 Å². The van der Waals surface area contributed by atoms with E-state index in [-0.39, 0.29) is 7.92 Å². The van der Waals surface area contributed by atoms with Crippen LogP contribution in [0.15, 0.2) is 60.2 Å². The van der Waals surface area contributed by atoms with Gasteiger partial charge in [0.05, 0.1) is 0 Å². The molecule has 6 heteroatoms. The second-order valence-electron chi connectivity index (χ2n) is 9.48. The van der Waals surface area contributed by atoms with Gasteiger partial charge in [0.2, 0.25) is 0 Å². The summed E-state index contributed by atoms with van der Waals surface area (Å²) in [5.41, 5.74) is 2.71. The van der Waals surface area contributed by atoms with Gasteiger partial charge in [0.25, 0.3) is 0 Å². The molecule has 0 aliphatic heterocycles. The van der Waals surface area contributed by atoms with Crippen molar-refractivity contribution in [1.82, 2.24) is 19.9 Å². The van der Waals surface area contributed by atoms with E-state index in [1.807, 2.05) is 12.1 Å². The topological polar surface area (TPSA) is 51.6 Å². The summed E-state index contributed by atoms with van der Waals surface area (Å²) in [6.07, 6.45) is 16.2. The molecule has 0 amide bonds. The zero-order valence-corrected chi connectivity index (χ0v) is 21.8. The number of hydrogen-bond donors (Lipinski definition) is 0. The van der Waals surface area contributed by atoms with Crippen LogP contribution in [0.25, 0.3) is 0 Å². The molecule has 0 saturated heterocycles. The third-order valence-electron chi connectivity index (χ3n) is 6.86. The SMILES string of the molecule is CCC(C)(C)P(CC1=C(C(P)(c2ncccn2)c2ncccn2)CC=C1)C(C)(C)CC. The van der Waals surface area contributed by atoms with Crippen molar-refractivity contribution >= 4 is 17.2 Å². The number of aromatic nitrogens is 4. The molecule has 0 bridgehead atoms. The minimum Gasteiger partial charge on any atom is -0.240 e. The molecule has 4 nitrogen and oxygen atoms in total. The molecule has 0 radical (unpaired) electrons. The van der Waals surface area contributed by atoms with Gasteiger partial charge in [0.1, 0.15) is 16.8 Å². The lowest BCUT2D eigenvalue weighted by atomic mass is 9.92. The summed E-state index contributed by atoms with van der Waals surface area (Å²) in [6.45, 7) is 14.5. The molecular weight excluding hydrogens is 418 g/mol. The quantitative estimate of drug-likeness (QED) is 0.406. The maximum Gasteiger partial charge on any atom is 0.149 e. The fourth-order valence-corrected chi connectivity index (χ4v) is 8.78. The Labute approximate surface area is 191 Å². The normalized spacial score (nSPS) is 15.2. The highest BCUT2D eigenvalue weighted by Crippen LogP contribution is 2.63.